The van der Waals surface area contributed by atoms with Gasteiger partial charge in [-0.25, -0.2) is 9.97 Å². The Balaban J connectivity index is 2.06. The standard InChI is InChI=1S/C13H14N4/c14-11-6-8-16-13(17-11)10-5-1-3-9-4-2-7-15-12(9)10/h2,4,6-8,10H,1,3,5H2,(H2,14,16,17). The summed E-state index contributed by atoms with van der Waals surface area (Å²) in [5, 5.41) is 0. The van der Waals surface area contributed by atoms with Gasteiger partial charge in [-0.05, 0) is 37.0 Å². The molecule has 17 heavy (non-hydrogen) atoms. The molecule has 0 amide bonds. The molecule has 2 aromatic heterocycles. The number of hydrogen-bond donors (Lipinski definition) is 1. The van der Waals surface area contributed by atoms with Crippen LogP contribution in [0.3, 0.4) is 0 Å². The van der Waals surface area contributed by atoms with Gasteiger partial charge in [0, 0.05) is 12.4 Å². The van der Waals surface area contributed by atoms with Crippen LogP contribution >= 0.6 is 0 Å². The molecule has 1 aliphatic rings. The average Bonchev–Trinajstić information content (AvgIpc) is 2.38. The van der Waals surface area contributed by atoms with Crippen molar-refractivity contribution in [2.45, 2.75) is 25.2 Å². The topological polar surface area (TPSA) is 64.7 Å². The molecule has 2 aromatic rings. The van der Waals surface area contributed by atoms with Gasteiger partial charge in [0.2, 0.25) is 0 Å². The fourth-order valence-electron chi connectivity index (χ4n) is 2.42. The van der Waals surface area contributed by atoms with Gasteiger partial charge in [-0.1, -0.05) is 6.07 Å². The van der Waals surface area contributed by atoms with E-state index in [-0.39, 0.29) is 5.92 Å². The van der Waals surface area contributed by atoms with E-state index in [4.69, 9.17) is 5.73 Å². The first kappa shape index (κ1) is 10.2. The van der Waals surface area contributed by atoms with Crippen LogP contribution in [0.2, 0.25) is 0 Å². The Morgan fingerprint density at radius 2 is 2.12 bits per heavy atom. The van der Waals surface area contributed by atoms with E-state index in [0.29, 0.717) is 5.82 Å². The van der Waals surface area contributed by atoms with E-state index in [2.05, 4.69) is 21.0 Å². The molecule has 0 spiro atoms. The van der Waals surface area contributed by atoms with Crippen molar-refractivity contribution in [1.29, 1.82) is 0 Å². The molecule has 0 saturated heterocycles. The van der Waals surface area contributed by atoms with Crippen molar-refractivity contribution in [3.63, 3.8) is 0 Å². The summed E-state index contributed by atoms with van der Waals surface area (Å²) in [5.41, 5.74) is 8.14. The first-order valence-corrected chi connectivity index (χ1v) is 5.87. The van der Waals surface area contributed by atoms with Crippen LogP contribution in [0.1, 0.15) is 35.8 Å². The second kappa shape index (κ2) is 4.13. The van der Waals surface area contributed by atoms with Crippen LogP contribution in [0.4, 0.5) is 5.82 Å². The maximum Gasteiger partial charge on any atom is 0.139 e. The Morgan fingerprint density at radius 3 is 3.00 bits per heavy atom. The fraction of sp³-hybridized carbons (Fsp3) is 0.308. The monoisotopic (exact) mass is 226 g/mol. The molecule has 4 heteroatoms. The number of nitrogens with zero attached hydrogens (tertiary/aromatic N) is 3. The molecule has 0 saturated carbocycles. The smallest absolute Gasteiger partial charge is 0.139 e. The summed E-state index contributed by atoms with van der Waals surface area (Å²) >= 11 is 0. The van der Waals surface area contributed by atoms with Crippen LogP contribution in [0.25, 0.3) is 0 Å². The molecule has 0 aromatic carbocycles. The number of nitrogen functional groups attached to an aromatic ring is 1. The van der Waals surface area contributed by atoms with Crippen LogP contribution in [-0.2, 0) is 6.42 Å². The number of pyridine rings is 1. The highest BCUT2D eigenvalue weighted by atomic mass is 14.9. The fourth-order valence-corrected chi connectivity index (χ4v) is 2.42. The molecule has 2 N–H and O–H groups in total. The van der Waals surface area contributed by atoms with E-state index in [1.54, 1.807) is 12.3 Å². The highest BCUT2D eigenvalue weighted by Gasteiger charge is 2.24. The third-order valence-corrected chi connectivity index (χ3v) is 3.20. The summed E-state index contributed by atoms with van der Waals surface area (Å²) < 4.78 is 0. The van der Waals surface area contributed by atoms with Crippen LogP contribution in [0, 0.1) is 0 Å². The SMILES string of the molecule is Nc1ccnc(C2CCCc3cccnc32)n1. The van der Waals surface area contributed by atoms with Crippen LogP contribution in [0.15, 0.2) is 30.6 Å². The van der Waals surface area contributed by atoms with Crippen molar-refractivity contribution in [3.8, 4) is 0 Å². The zero-order valence-electron chi connectivity index (χ0n) is 9.50. The molecule has 3 rings (SSSR count). The van der Waals surface area contributed by atoms with Gasteiger partial charge in [0.05, 0.1) is 11.6 Å². The highest BCUT2D eigenvalue weighted by Crippen LogP contribution is 2.33. The Hall–Kier alpha value is -1.97. The molecule has 1 aliphatic carbocycles. The number of nitrogens with two attached hydrogens (primary N) is 1. The quantitative estimate of drug-likeness (QED) is 0.806. The Bertz CT molecular complexity index is 538. The maximum absolute atomic E-state index is 5.71. The lowest BCUT2D eigenvalue weighted by Crippen LogP contribution is -2.15. The number of rotatable bonds is 1. The second-order valence-corrected chi connectivity index (χ2v) is 4.33. The predicted molar refractivity (Wildman–Crippen MR) is 65.5 cm³/mol. The van der Waals surface area contributed by atoms with E-state index in [1.807, 2.05) is 12.3 Å². The summed E-state index contributed by atoms with van der Waals surface area (Å²) in [6.07, 6.45) is 6.86. The van der Waals surface area contributed by atoms with Gasteiger partial charge in [-0.15, -0.1) is 0 Å². The van der Waals surface area contributed by atoms with E-state index in [9.17, 15) is 0 Å². The van der Waals surface area contributed by atoms with Crippen molar-refractivity contribution in [2.24, 2.45) is 0 Å². The van der Waals surface area contributed by atoms with Gasteiger partial charge in [-0.2, -0.15) is 0 Å². The summed E-state index contributed by atoms with van der Waals surface area (Å²) in [6, 6.07) is 5.84. The van der Waals surface area contributed by atoms with Gasteiger partial charge in [0.1, 0.15) is 11.6 Å². The lowest BCUT2D eigenvalue weighted by atomic mass is 9.86. The van der Waals surface area contributed by atoms with Crippen molar-refractivity contribution >= 4 is 5.82 Å². The Labute approximate surface area is 99.9 Å². The molecule has 86 valence electrons. The zero-order valence-corrected chi connectivity index (χ0v) is 9.50. The van der Waals surface area contributed by atoms with E-state index in [0.717, 1.165) is 30.8 Å². The van der Waals surface area contributed by atoms with Crippen molar-refractivity contribution in [3.05, 3.63) is 47.7 Å². The first-order chi connectivity index (χ1) is 8.34. The predicted octanol–water partition coefficient (Wildman–Crippen LogP) is 1.92. The lowest BCUT2D eigenvalue weighted by Gasteiger charge is -2.22. The minimum atomic E-state index is 0.198. The molecule has 1 atom stereocenters. The third kappa shape index (κ3) is 1.86. The number of aromatic nitrogens is 3. The summed E-state index contributed by atoms with van der Waals surface area (Å²) in [5.74, 6) is 1.52. The largest absolute Gasteiger partial charge is 0.384 e. The number of fused-ring (bicyclic) bond motifs is 1. The molecular formula is C13H14N4. The maximum atomic E-state index is 5.71. The van der Waals surface area contributed by atoms with Gasteiger partial charge < -0.3 is 5.73 Å². The summed E-state index contributed by atoms with van der Waals surface area (Å²) in [4.78, 5) is 13.1. The van der Waals surface area contributed by atoms with Crippen LogP contribution in [0.5, 0.6) is 0 Å². The summed E-state index contributed by atoms with van der Waals surface area (Å²) in [6.45, 7) is 0. The van der Waals surface area contributed by atoms with Gasteiger partial charge in [0.15, 0.2) is 0 Å². The van der Waals surface area contributed by atoms with Gasteiger partial charge in [0.25, 0.3) is 0 Å². The number of aryl methyl sites for hydroxylation is 1. The van der Waals surface area contributed by atoms with E-state index in [1.165, 1.54) is 5.56 Å². The molecule has 4 nitrogen and oxygen atoms in total. The molecule has 0 radical (unpaired) electrons. The number of hydrogen-bond acceptors (Lipinski definition) is 4. The zero-order chi connectivity index (χ0) is 11.7. The molecule has 2 heterocycles. The normalized spacial score (nSPS) is 18.7. The van der Waals surface area contributed by atoms with Crippen LogP contribution in [-0.4, -0.2) is 15.0 Å². The van der Waals surface area contributed by atoms with Crippen LogP contribution < -0.4 is 5.73 Å². The number of anilines is 1. The molecule has 0 aliphatic heterocycles. The van der Waals surface area contributed by atoms with E-state index < -0.39 is 0 Å². The molecule has 0 bridgehead atoms. The van der Waals surface area contributed by atoms with Crippen molar-refractivity contribution in [1.82, 2.24) is 15.0 Å². The highest BCUT2D eigenvalue weighted by molar-refractivity contribution is 5.33. The molecular weight excluding hydrogens is 212 g/mol. The second-order valence-electron chi connectivity index (χ2n) is 4.33. The third-order valence-electron chi connectivity index (χ3n) is 3.20. The first-order valence-electron chi connectivity index (χ1n) is 5.87. The minimum Gasteiger partial charge on any atom is -0.384 e. The Kier molecular flexibility index (Phi) is 2.48. The van der Waals surface area contributed by atoms with Gasteiger partial charge in [-0.3, -0.25) is 4.98 Å². The van der Waals surface area contributed by atoms with Gasteiger partial charge >= 0.3 is 0 Å². The molecule has 0 fully saturated rings. The molecule has 1 unspecified atom stereocenters. The Morgan fingerprint density at radius 1 is 1.18 bits per heavy atom. The minimum absolute atomic E-state index is 0.198. The lowest BCUT2D eigenvalue weighted by molar-refractivity contribution is 0.575. The van der Waals surface area contributed by atoms with E-state index >= 15 is 0 Å². The van der Waals surface area contributed by atoms with Crippen molar-refractivity contribution in [2.75, 3.05) is 5.73 Å². The van der Waals surface area contributed by atoms with Crippen molar-refractivity contribution < 1.29 is 0 Å². The average molecular weight is 226 g/mol. The summed E-state index contributed by atoms with van der Waals surface area (Å²) in [7, 11) is 0.